The number of hydrogen-bond donors (Lipinski definition) is 1. The Morgan fingerprint density at radius 3 is 2.73 bits per heavy atom. The minimum Gasteiger partial charge on any atom is -0.366 e. The molecule has 1 aliphatic rings. The van der Waals surface area contributed by atoms with Crippen molar-refractivity contribution in [1.29, 1.82) is 0 Å². The largest absolute Gasteiger partial charge is 0.366 e. The minimum atomic E-state index is -3.14. The smallest absolute Gasteiger partial charge is 0.248 e. The monoisotopic (exact) mass is 225 g/mol. The molecule has 1 aromatic carbocycles. The van der Waals surface area contributed by atoms with Crippen LogP contribution in [0.15, 0.2) is 23.1 Å². The molecule has 0 aromatic heterocycles. The van der Waals surface area contributed by atoms with Crippen molar-refractivity contribution in [2.45, 2.75) is 17.7 Å². The van der Waals surface area contributed by atoms with Gasteiger partial charge in [0.25, 0.3) is 0 Å². The van der Waals surface area contributed by atoms with Gasteiger partial charge in [-0.05, 0) is 36.6 Å². The van der Waals surface area contributed by atoms with Gasteiger partial charge in [0.1, 0.15) is 0 Å². The maximum Gasteiger partial charge on any atom is 0.248 e. The molecule has 2 N–H and O–H groups in total. The SMILES string of the molecule is NC(=O)c1ccc2c(c1)CCCS2(=O)=O. The van der Waals surface area contributed by atoms with E-state index in [1.54, 1.807) is 6.07 Å². The topological polar surface area (TPSA) is 77.2 Å². The molecule has 0 bridgehead atoms. The summed E-state index contributed by atoms with van der Waals surface area (Å²) >= 11 is 0. The molecule has 4 nitrogen and oxygen atoms in total. The van der Waals surface area contributed by atoms with Gasteiger partial charge in [-0.1, -0.05) is 0 Å². The molecular weight excluding hydrogens is 214 g/mol. The highest BCUT2D eigenvalue weighted by molar-refractivity contribution is 7.91. The van der Waals surface area contributed by atoms with E-state index >= 15 is 0 Å². The van der Waals surface area contributed by atoms with Crippen LogP contribution in [-0.2, 0) is 16.3 Å². The van der Waals surface area contributed by atoms with Crippen molar-refractivity contribution in [3.63, 3.8) is 0 Å². The van der Waals surface area contributed by atoms with Gasteiger partial charge in [0.2, 0.25) is 5.91 Å². The summed E-state index contributed by atoms with van der Waals surface area (Å²) in [6.45, 7) is 0. The van der Waals surface area contributed by atoms with Crippen LogP contribution in [0.5, 0.6) is 0 Å². The van der Waals surface area contributed by atoms with E-state index in [1.807, 2.05) is 0 Å². The fraction of sp³-hybridized carbons (Fsp3) is 0.300. The van der Waals surface area contributed by atoms with Crippen LogP contribution in [0.25, 0.3) is 0 Å². The summed E-state index contributed by atoms with van der Waals surface area (Å²) in [4.78, 5) is 11.3. The van der Waals surface area contributed by atoms with Gasteiger partial charge < -0.3 is 5.73 Å². The zero-order valence-corrected chi connectivity index (χ0v) is 8.88. The molecule has 1 aromatic rings. The molecule has 80 valence electrons. The summed E-state index contributed by atoms with van der Waals surface area (Å²) in [6.07, 6.45) is 1.30. The van der Waals surface area contributed by atoms with E-state index in [9.17, 15) is 13.2 Å². The molecule has 1 heterocycles. The van der Waals surface area contributed by atoms with Crippen LogP contribution >= 0.6 is 0 Å². The molecule has 0 spiro atoms. The molecular formula is C10H11NO3S. The second-order valence-electron chi connectivity index (χ2n) is 3.61. The third-order valence-electron chi connectivity index (χ3n) is 2.54. The molecule has 1 amide bonds. The summed E-state index contributed by atoms with van der Waals surface area (Å²) in [5.41, 5.74) is 6.20. The predicted molar refractivity (Wildman–Crippen MR) is 55.3 cm³/mol. The van der Waals surface area contributed by atoms with Gasteiger partial charge in [0, 0.05) is 5.56 Å². The third-order valence-corrected chi connectivity index (χ3v) is 4.43. The van der Waals surface area contributed by atoms with E-state index < -0.39 is 15.7 Å². The average molecular weight is 225 g/mol. The van der Waals surface area contributed by atoms with E-state index in [-0.39, 0.29) is 5.75 Å². The first-order valence-electron chi connectivity index (χ1n) is 4.66. The zero-order valence-electron chi connectivity index (χ0n) is 8.06. The number of amides is 1. The maximum absolute atomic E-state index is 11.6. The van der Waals surface area contributed by atoms with Gasteiger partial charge in [0.15, 0.2) is 9.84 Å². The van der Waals surface area contributed by atoms with E-state index in [4.69, 9.17) is 5.73 Å². The maximum atomic E-state index is 11.6. The van der Waals surface area contributed by atoms with Crippen LogP contribution in [-0.4, -0.2) is 20.1 Å². The van der Waals surface area contributed by atoms with Gasteiger partial charge in [-0.2, -0.15) is 0 Å². The lowest BCUT2D eigenvalue weighted by molar-refractivity contribution is 0.1000. The van der Waals surface area contributed by atoms with Crippen molar-refractivity contribution in [1.82, 2.24) is 0 Å². The average Bonchev–Trinajstić information content (AvgIpc) is 2.16. The van der Waals surface area contributed by atoms with Crippen LogP contribution < -0.4 is 5.73 Å². The normalized spacial score (nSPS) is 18.1. The molecule has 0 unspecified atom stereocenters. The Morgan fingerprint density at radius 2 is 2.07 bits per heavy atom. The summed E-state index contributed by atoms with van der Waals surface area (Å²) in [5.74, 6) is -0.337. The highest BCUT2D eigenvalue weighted by Crippen LogP contribution is 2.25. The lowest BCUT2D eigenvalue weighted by Crippen LogP contribution is -2.18. The van der Waals surface area contributed by atoms with Crippen molar-refractivity contribution in [3.8, 4) is 0 Å². The number of primary amides is 1. The Bertz CT molecular complexity index is 519. The number of carbonyl (C=O) groups excluding carboxylic acids is 1. The van der Waals surface area contributed by atoms with E-state index in [2.05, 4.69) is 0 Å². The molecule has 2 rings (SSSR count). The van der Waals surface area contributed by atoms with E-state index in [0.717, 1.165) is 0 Å². The standard InChI is InChI=1S/C10H11NO3S/c11-10(12)8-3-4-9-7(6-8)2-1-5-15(9,13)14/h3-4,6H,1-2,5H2,(H2,11,12). The van der Waals surface area contributed by atoms with Crippen molar-refractivity contribution in [2.24, 2.45) is 5.73 Å². The first-order valence-corrected chi connectivity index (χ1v) is 6.31. The quantitative estimate of drug-likeness (QED) is 0.756. The number of benzene rings is 1. The Balaban J connectivity index is 2.60. The summed E-state index contributed by atoms with van der Waals surface area (Å²) < 4.78 is 23.3. The fourth-order valence-electron chi connectivity index (χ4n) is 1.79. The lowest BCUT2D eigenvalue weighted by Gasteiger charge is -2.16. The second-order valence-corrected chi connectivity index (χ2v) is 5.69. The predicted octanol–water partition coefficient (Wildman–Crippen LogP) is 0.505. The summed E-state index contributed by atoms with van der Waals surface area (Å²) in [7, 11) is -3.14. The highest BCUT2D eigenvalue weighted by atomic mass is 32.2. The van der Waals surface area contributed by atoms with Crippen LogP contribution in [0, 0.1) is 0 Å². The Labute approximate surface area is 88.0 Å². The van der Waals surface area contributed by atoms with Crippen LogP contribution in [0.1, 0.15) is 22.3 Å². The number of rotatable bonds is 1. The minimum absolute atomic E-state index is 0.190. The molecule has 0 saturated carbocycles. The number of aryl methyl sites for hydroxylation is 1. The Hall–Kier alpha value is -1.36. The van der Waals surface area contributed by atoms with Crippen molar-refractivity contribution < 1.29 is 13.2 Å². The van der Waals surface area contributed by atoms with Crippen LogP contribution in [0.4, 0.5) is 0 Å². The summed E-state index contributed by atoms with van der Waals surface area (Å²) in [5, 5.41) is 0. The first-order chi connectivity index (χ1) is 7.00. The van der Waals surface area contributed by atoms with Gasteiger partial charge in [0.05, 0.1) is 10.6 Å². The van der Waals surface area contributed by atoms with Crippen molar-refractivity contribution in [2.75, 3.05) is 5.75 Å². The highest BCUT2D eigenvalue weighted by Gasteiger charge is 2.23. The first kappa shape index (κ1) is 10.2. The Morgan fingerprint density at radius 1 is 1.33 bits per heavy atom. The Kier molecular flexibility index (Phi) is 2.26. The van der Waals surface area contributed by atoms with Gasteiger partial charge in [-0.25, -0.2) is 8.42 Å². The van der Waals surface area contributed by atoms with Gasteiger partial charge in [-0.15, -0.1) is 0 Å². The van der Waals surface area contributed by atoms with E-state index in [0.29, 0.717) is 28.9 Å². The molecule has 0 saturated heterocycles. The zero-order chi connectivity index (χ0) is 11.1. The second kappa shape index (κ2) is 3.34. The van der Waals surface area contributed by atoms with Gasteiger partial charge in [-0.3, -0.25) is 4.79 Å². The lowest BCUT2D eigenvalue weighted by atomic mass is 10.1. The number of hydrogen-bond acceptors (Lipinski definition) is 3. The van der Waals surface area contributed by atoms with Gasteiger partial charge >= 0.3 is 0 Å². The van der Waals surface area contributed by atoms with Crippen LogP contribution in [0.2, 0.25) is 0 Å². The molecule has 5 heteroatoms. The molecule has 15 heavy (non-hydrogen) atoms. The molecule has 0 atom stereocenters. The van der Waals surface area contributed by atoms with Crippen LogP contribution in [0.3, 0.4) is 0 Å². The number of sulfone groups is 1. The number of nitrogens with two attached hydrogens (primary N) is 1. The summed E-state index contributed by atoms with van der Waals surface area (Å²) in [6, 6.07) is 4.52. The molecule has 0 aliphatic carbocycles. The van der Waals surface area contributed by atoms with Crippen molar-refractivity contribution in [3.05, 3.63) is 29.3 Å². The van der Waals surface area contributed by atoms with Crippen molar-refractivity contribution >= 4 is 15.7 Å². The molecule has 0 radical (unpaired) electrons. The third kappa shape index (κ3) is 1.74. The fourth-order valence-corrected chi connectivity index (χ4v) is 3.37. The number of carbonyl (C=O) groups is 1. The number of fused-ring (bicyclic) bond motifs is 1. The molecule has 1 aliphatic heterocycles. The molecule has 0 fully saturated rings. The van der Waals surface area contributed by atoms with E-state index in [1.165, 1.54) is 12.1 Å².